The zero-order valence-corrected chi connectivity index (χ0v) is 15.8. The van der Waals surface area contributed by atoms with Crippen molar-refractivity contribution in [3.05, 3.63) is 36.3 Å². The number of aryl methyl sites for hydroxylation is 2. The topological polar surface area (TPSA) is 96.9 Å². The average molecular weight is 361 g/mol. The minimum Gasteiger partial charge on any atom is -0.760 e. The average Bonchev–Trinajstić information content (AvgIpc) is 2.92. The van der Waals surface area contributed by atoms with E-state index in [-0.39, 0.29) is 0 Å². The summed E-state index contributed by atoms with van der Waals surface area (Å²) in [5, 5.41) is 5.24. The molecule has 2 heterocycles. The molecular formula is C18H25N4O2S-. The van der Waals surface area contributed by atoms with Crippen LogP contribution in [0.4, 0.5) is 0 Å². The number of nitrogens with two attached hydrogens (primary N) is 1. The van der Waals surface area contributed by atoms with Crippen LogP contribution in [0.1, 0.15) is 39.4 Å². The smallest absolute Gasteiger partial charge is 0.109 e. The normalized spacial score (nSPS) is 12.4. The molecule has 0 spiro atoms. The summed E-state index contributed by atoms with van der Waals surface area (Å²) in [6.07, 6.45) is 5.33. The zero-order chi connectivity index (χ0) is 18.4. The van der Waals surface area contributed by atoms with Crippen molar-refractivity contribution in [2.24, 2.45) is 11.1 Å². The van der Waals surface area contributed by atoms with Crippen LogP contribution in [0, 0.1) is 5.92 Å². The van der Waals surface area contributed by atoms with Crippen LogP contribution in [0.2, 0.25) is 0 Å². The number of benzene rings is 1. The van der Waals surface area contributed by atoms with Gasteiger partial charge in [-0.1, -0.05) is 39.0 Å². The van der Waals surface area contributed by atoms with Gasteiger partial charge in [0.25, 0.3) is 0 Å². The van der Waals surface area contributed by atoms with E-state index < -0.39 is 11.3 Å². The van der Waals surface area contributed by atoms with Gasteiger partial charge in [-0.3, -0.25) is 14.3 Å². The molecule has 2 N–H and O–H groups in total. The highest BCUT2D eigenvalue weighted by Gasteiger charge is 2.12. The van der Waals surface area contributed by atoms with Crippen LogP contribution in [0.3, 0.4) is 0 Å². The van der Waals surface area contributed by atoms with Crippen molar-refractivity contribution >= 4 is 33.2 Å². The molecule has 1 aromatic carbocycles. The van der Waals surface area contributed by atoms with Crippen molar-refractivity contribution in [1.82, 2.24) is 14.5 Å². The van der Waals surface area contributed by atoms with Crippen LogP contribution in [0.5, 0.6) is 0 Å². The third kappa shape index (κ3) is 5.07. The molecule has 0 fully saturated rings. The van der Waals surface area contributed by atoms with Gasteiger partial charge in [-0.25, -0.2) is 4.98 Å². The number of hydrogen-bond donors (Lipinski definition) is 1. The van der Waals surface area contributed by atoms with Crippen molar-refractivity contribution in [3.8, 4) is 0 Å². The Kier molecular flexibility index (Phi) is 7.04. The lowest BCUT2D eigenvalue weighted by Gasteiger charge is -2.10. The van der Waals surface area contributed by atoms with Gasteiger partial charge in [0.1, 0.15) is 11.3 Å². The highest BCUT2D eigenvalue weighted by atomic mass is 32.2. The molecule has 0 aliphatic rings. The Balaban J connectivity index is 0.000000511. The minimum absolute atomic E-state index is 0.753. The quantitative estimate of drug-likeness (QED) is 0.705. The van der Waals surface area contributed by atoms with Crippen molar-refractivity contribution < 1.29 is 8.76 Å². The van der Waals surface area contributed by atoms with Crippen LogP contribution < -0.4 is 5.14 Å². The van der Waals surface area contributed by atoms with Crippen molar-refractivity contribution in [3.63, 3.8) is 0 Å². The van der Waals surface area contributed by atoms with Crippen LogP contribution in [-0.4, -0.2) is 23.3 Å². The number of rotatable bonds is 5. The fourth-order valence-electron chi connectivity index (χ4n) is 2.98. The summed E-state index contributed by atoms with van der Waals surface area (Å²) in [4.78, 5) is 9.31. The molecule has 0 radical (unpaired) electrons. The Morgan fingerprint density at radius 3 is 2.60 bits per heavy atom. The molecule has 136 valence electrons. The molecule has 3 aromatic rings. The zero-order valence-electron chi connectivity index (χ0n) is 14.9. The first-order chi connectivity index (χ1) is 11.9. The number of nitrogens with zero attached hydrogens (tertiary/aromatic N) is 3. The molecule has 3 rings (SSSR count). The maximum absolute atomic E-state index is 8.78. The molecule has 6 nitrogen and oxygen atoms in total. The van der Waals surface area contributed by atoms with E-state index in [9.17, 15) is 0 Å². The molecular weight excluding hydrogens is 336 g/mol. The van der Waals surface area contributed by atoms with E-state index in [1.807, 2.05) is 12.3 Å². The fourth-order valence-corrected chi connectivity index (χ4v) is 2.98. The predicted molar refractivity (Wildman–Crippen MR) is 102 cm³/mol. The molecule has 0 aliphatic carbocycles. The predicted octanol–water partition coefficient (Wildman–Crippen LogP) is 3.32. The Morgan fingerprint density at radius 1 is 1.28 bits per heavy atom. The minimum atomic E-state index is -2.36. The summed E-state index contributed by atoms with van der Waals surface area (Å²) in [5.41, 5.74) is 3.33. The van der Waals surface area contributed by atoms with E-state index in [4.69, 9.17) is 13.7 Å². The maximum atomic E-state index is 8.78. The van der Waals surface area contributed by atoms with Crippen molar-refractivity contribution in [1.29, 1.82) is 0 Å². The molecule has 7 heteroatoms. The number of fused-ring (bicyclic) bond motifs is 3. The molecule has 2 aromatic heterocycles. The molecule has 0 aliphatic heterocycles. The number of para-hydroxylation sites is 1. The van der Waals surface area contributed by atoms with Gasteiger partial charge < -0.3 is 9.12 Å². The van der Waals surface area contributed by atoms with Gasteiger partial charge in [0.2, 0.25) is 0 Å². The lowest BCUT2D eigenvalue weighted by Crippen LogP contribution is -2.04. The first kappa shape index (κ1) is 19.5. The van der Waals surface area contributed by atoms with Gasteiger partial charge in [0.05, 0.1) is 17.2 Å². The van der Waals surface area contributed by atoms with Gasteiger partial charge in [0.15, 0.2) is 0 Å². The Labute approximate surface area is 150 Å². The van der Waals surface area contributed by atoms with Crippen LogP contribution >= 0.6 is 0 Å². The Morgan fingerprint density at radius 2 is 1.96 bits per heavy atom. The highest BCUT2D eigenvalue weighted by Crippen LogP contribution is 2.25. The highest BCUT2D eigenvalue weighted by molar-refractivity contribution is 7.76. The summed E-state index contributed by atoms with van der Waals surface area (Å²) < 4.78 is 20.0. The maximum Gasteiger partial charge on any atom is 0.109 e. The van der Waals surface area contributed by atoms with Gasteiger partial charge in [-0.15, -0.1) is 0 Å². The summed E-state index contributed by atoms with van der Waals surface area (Å²) in [7, 11) is 0. The second-order valence-electron chi connectivity index (χ2n) is 6.34. The molecule has 0 amide bonds. The molecule has 0 saturated carbocycles. The molecule has 1 atom stereocenters. The van der Waals surface area contributed by atoms with Crippen LogP contribution in [0.25, 0.3) is 21.9 Å². The lowest BCUT2D eigenvalue weighted by atomic mass is 10.1. The lowest BCUT2D eigenvalue weighted by molar-refractivity contribution is 0.510. The second kappa shape index (κ2) is 9.03. The van der Waals surface area contributed by atoms with E-state index in [0.29, 0.717) is 0 Å². The Bertz CT molecular complexity index is 857. The van der Waals surface area contributed by atoms with E-state index in [1.165, 1.54) is 29.6 Å². The van der Waals surface area contributed by atoms with Crippen LogP contribution in [0.15, 0.2) is 30.5 Å². The van der Waals surface area contributed by atoms with Gasteiger partial charge >= 0.3 is 0 Å². The Hall–Kier alpha value is -1.83. The second-order valence-corrected chi connectivity index (χ2v) is 6.86. The molecule has 0 saturated heterocycles. The molecule has 0 bridgehead atoms. The summed E-state index contributed by atoms with van der Waals surface area (Å²) in [5.74, 6) is 1.93. The first-order valence-corrected chi connectivity index (χ1v) is 9.64. The molecule has 25 heavy (non-hydrogen) atoms. The van der Waals surface area contributed by atoms with Gasteiger partial charge in [0, 0.05) is 29.6 Å². The van der Waals surface area contributed by atoms with Gasteiger partial charge in [-0.05, 0) is 24.8 Å². The third-order valence-corrected chi connectivity index (χ3v) is 4.04. The first-order valence-electron chi connectivity index (χ1n) is 8.50. The number of aromatic nitrogens is 3. The van der Waals surface area contributed by atoms with E-state index in [2.05, 4.69) is 53.7 Å². The van der Waals surface area contributed by atoms with Crippen molar-refractivity contribution in [2.75, 3.05) is 0 Å². The van der Waals surface area contributed by atoms with E-state index in [0.717, 1.165) is 29.9 Å². The van der Waals surface area contributed by atoms with Gasteiger partial charge in [-0.2, -0.15) is 0 Å². The number of pyridine rings is 1. The standard InChI is InChI=1S/C18H23N3.H3NO2S/c1-4-17-20-16-12-19-15-10-6-5-9-14(15)18(16)21(17)11-7-8-13(2)3;1-4(2)3/h5-6,9-10,12-13H,4,7-8,11H2,1-3H3;1H2,(H,2,3)/p-1. The largest absolute Gasteiger partial charge is 0.760 e. The molecule has 1 unspecified atom stereocenters. The van der Waals surface area contributed by atoms with Crippen molar-refractivity contribution in [2.45, 2.75) is 46.6 Å². The SMILES string of the molecule is CCc1nc2cnc3ccccc3c2n1CCCC(C)C.NS(=O)[O-]. The summed E-state index contributed by atoms with van der Waals surface area (Å²) >= 11 is -2.36. The number of hydrogen-bond acceptors (Lipinski definition) is 4. The fraction of sp³-hybridized carbons (Fsp3) is 0.444. The van der Waals surface area contributed by atoms with Crippen LogP contribution in [-0.2, 0) is 24.2 Å². The van der Waals surface area contributed by atoms with E-state index in [1.54, 1.807) is 0 Å². The monoisotopic (exact) mass is 361 g/mol. The summed E-state index contributed by atoms with van der Waals surface area (Å²) in [6.45, 7) is 7.79. The third-order valence-electron chi connectivity index (χ3n) is 4.04. The number of imidazole rings is 1. The van der Waals surface area contributed by atoms with E-state index >= 15 is 0 Å². The summed E-state index contributed by atoms with van der Waals surface area (Å²) in [6, 6.07) is 8.36.